The van der Waals surface area contributed by atoms with E-state index in [2.05, 4.69) is 4.98 Å². The third-order valence-electron chi connectivity index (χ3n) is 5.29. The van der Waals surface area contributed by atoms with E-state index in [9.17, 15) is 9.59 Å². The summed E-state index contributed by atoms with van der Waals surface area (Å²) in [5.41, 5.74) is 2.66. The molecule has 0 amide bonds. The molecule has 0 atom stereocenters. The van der Waals surface area contributed by atoms with E-state index in [0.717, 1.165) is 21.3 Å². The second-order valence-electron chi connectivity index (χ2n) is 7.30. The predicted octanol–water partition coefficient (Wildman–Crippen LogP) is 3.54. The smallest absolute Gasteiger partial charge is 0.332 e. The van der Waals surface area contributed by atoms with Gasteiger partial charge in [-0.3, -0.25) is 18.5 Å². The molecule has 2 aromatic heterocycles. The summed E-state index contributed by atoms with van der Waals surface area (Å²) in [6.45, 7) is 4.28. The van der Waals surface area contributed by atoms with E-state index in [1.165, 1.54) is 11.6 Å². The number of aryl methyl sites for hydroxylation is 3. The van der Waals surface area contributed by atoms with Crippen LogP contribution in [0.5, 0.6) is 11.8 Å². The van der Waals surface area contributed by atoms with Crippen LogP contribution in [-0.4, -0.2) is 18.7 Å². The molecule has 0 aliphatic heterocycles. The van der Waals surface area contributed by atoms with Gasteiger partial charge in [-0.15, -0.1) is 0 Å². The Morgan fingerprint density at radius 1 is 1.00 bits per heavy atom. The summed E-state index contributed by atoms with van der Waals surface area (Å²) >= 11 is 6.36. The van der Waals surface area contributed by atoms with Crippen molar-refractivity contribution in [2.45, 2.75) is 20.4 Å². The molecule has 7 nitrogen and oxygen atoms in total. The fraction of sp³-hybridized carbons (Fsp3) is 0.227. The van der Waals surface area contributed by atoms with E-state index >= 15 is 0 Å². The molecule has 0 saturated carbocycles. The molecule has 0 fully saturated rings. The highest BCUT2D eigenvalue weighted by Crippen LogP contribution is 2.27. The zero-order chi connectivity index (χ0) is 21.6. The largest absolute Gasteiger partial charge is 0.425 e. The average molecular weight is 425 g/mol. The lowest BCUT2D eigenvalue weighted by Crippen LogP contribution is -2.37. The van der Waals surface area contributed by atoms with Gasteiger partial charge in [-0.2, -0.15) is 4.98 Å². The molecule has 2 aromatic carbocycles. The van der Waals surface area contributed by atoms with Crippen molar-refractivity contribution in [2.24, 2.45) is 14.1 Å². The number of fused-ring (bicyclic) bond motifs is 1. The summed E-state index contributed by atoms with van der Waals surface area (Å²) in [6.07, 6.45) is 0. The van der Waals surface area contributed by atoms with E-state index in [-0.39, 0.29) is 23.7 Å². The maximum absolute atomic E-state index is 13.0. The summed E-state index contributed by atoms with van der Waals surface area (Å²) < 4.78 is 10.1. The van der Waals surface area contributed by atoms with Crippen molar-refractivity contribution in [3.8, 4) is 11.8 Å². The third-order valence-corrected chi connectivity index (χ3v) is 5.66. The molecule has 8 heteroatoms. The molecule has 0 N–H and O–H groups in total. The zero-order valence-electron chi connectivity index (χ0n) is 17.1. The van der Waals surface area contributed by atoms with Gasteiger partial charge >= 0.3 is 11.7 Å². The topological polar surface area (TPSA) is 71.1 Å². The normalized spacial score (nSPS) is 11.2. The molecule has 0 bridgehead atoms. The van der Waals surface area contributed by atoms with Crippen LogP contribution in [0.25, 0.3) is 11.2 Å². The van der Waals surface area contributed by atoms with E-state index in [1.54, 1.807) is 17.7 Å². The van der Waals surface area contributed by atoms with Crippen molar-refractivity contribution >= 4 is 22.8 Å². The second kappa shape index (κ2) is 7.50. The van der Waals surface area contributed by atoms with Crippen LogP contribution in [0.15, 0.2) is 52.1 Å². The first kappa shape index (κ1) is 20.0. The van der Waals surface area contributed by atoms with E-state index < -0.39 is 11.2 Å². The number of imidazole rings is 1. The SMILES string of the molecule is Cc1ccc(Oc2nc3c(c(=O)n(C)c(=O)n3C)n2Cc2ccccc2Cl)cc1C. The number of halogens is 1. The van der Waals surface area contributed by atoms with Crippen LogP contribution in [0.1, 0.15) is 16.7 Å². The first-order valence-electron chi connectivity index (χ1n) is 9.42. The Morgan fingerprint density at radius 3 is 2.43 bits per heavy atom. The molecular weight excluding hydrogens is 404 g/mol. The van der Waals surface area contributed by atoms with Gasteiger partial charge in [0.05, 0.1) is 6.54 Å². The monoisotopic (exact) mass is 424 g/mol. The molecule has 0 spiro atoms. The Kier molecular flexibility index (Phi) is 4.99. The highest BCUT2D eigenvalue weighted by molar-refractivity contribution is 6.31. The van der Waals surface area contributed by atoms with Gasteiger partial charge in [0.25, 0.3) is 5.56 Å². The number of nitrogens with zero attached hydrogens (tertiary/aromatic N) is 4. The standard InChI is InChI=1S/C22H21ClN4O3/c1-13-9-10-16(11-14(13)2)30-21-24-19-18(20(28)26(4)22(29)25(19)3)27(21)12-15-7-5-6-8-17(15)23/h5-11H,12H2,1-4H3. The van der Waals surface area contributed by atoms with Crippen LogP contribution >= 0.6 is 11.6 Å². The number of hydrogen-bond acceptors (Lipinski definition) is 4. The van der Waals surface area contributed by atoms with E-state index in [1.807, 2.05) is 50.2 Å². The van der Waals surface area contributed by atoms with Gasteiger partial charge in [-0.1, -0.05) is 35.9 Å². The van der Waals surface area contributed by atoms with Crippen LogP contribution < -0.4 is 16.0 Å². The molecule has 4 aromatic rings. The molecule has 154 valence electrons. The van der Waals surface area contributed by atoms with Gasteiger partial charge in [-0.05, 0) is 48.7 Å². The Bertz CT molecular complexity index is 1400. The van der Waals surface area contributed by atoms with Crippen LogP contribution in [0, 0.1) is 13.8 Å². The minimum absolute atomic E-state index is 0.214. The van der Waals surface area contributed by atoms with Gasteiger partial charge in [0.2, 0.25) is 0 Å². The van der Waals surface area contributed by atoms with Crippen LogP contribution in [-0.2, 0) is 20.6 Å². The van der Waals surface area contributed by atoms with Crippen LogP contribution in [0.2, 0.25) is 5.02 Å². The van der Waals surface area contributed by atoms with Crippen molar-refractivity contribution in [1.29, 1.82) is 0 Å². The number of hydrogen-bond donors (Lipinski definition) is 0. The van der Waals surface area contributed by atoms with Crippen LogP contribution in [0.4, 0.5) is 0 Å². The molecule has 0 radical (unpaired) electrons. The molecular formula is C22H21ClN4O3. The lowest BCUT2D eigenvalue weighted by Gasteiger charge is -2.12. The van der Waals surface area contributed by atoms with E-state index in [4.69, 9.17) is 16.3 Å². The maximum Gasteiger partial charge on any atom is 0.332 e. The highest BCUT2D eigenvalue weighted by atomic mass is 35.5. The van der Waals surface area contributed by atoms with Crippen molar-refractivity contribution in [1.82, 2.24) is 18.7 Å². The number of benzene rings is 2. The minimum atomic E-state index is -0.451. The fourth-order valence-electron chi connectivity index (χ4n) is 3.33. The van der Waals surface area contributed by atoms with E-state index in [0.29, 0.717) is 10.8 Å². The number of ether oxygens (including phenoxy) is 1. The first-order chi connectivity index (χ1) is 14.3. The lowest BCUT2D eigenvalue weighted by atomic mass is 10.1. The van der Waals surface area contributed by atoms with Crippen LogP contribution in [0.3, 0.4) is 0 Å². The Labute approximate surface area is 177 Å². The first-order valence-corrected chi connectivity index (χ1v) is 9.80. The molecule has 0 aliphatic rings. The van der Waals surface area contributed by atoms with Gasteiger partial charge in [-0.25, -0.2) is 4.79 Å². The second-order valence-corrected chi connectivity index (χ2v) is 7.71. The fourth-order valence-corrected chi connectivity index (χ4v) is 3.53. The van der Waals surface area contributed by atoms with Crippen molar-refractivity contribution in [2.75, 3.05) is 0 Å². The maximum atomic E-state index is 13.0. The average Bonchev–Trinajstić information content (AvgIpc) is 3.07. The lowest BCUT2D eigenvalue weighted by molar-refractivity contribution is 0.420. The predicted molar refractivity (Wildman–Crippen MR) is 117 cm³/mol. The zero-order valence-corrected chi connectivity index (χ0v) is 17.9. The summed E-state index contributed by atoms with van der Waals surface area (Å²) in [7, 11) is 3.03. The molecule has 0 aliphatic carbocycles. The number of rotatable bonds is 4. The Balaban J connectivity index is 1.96. The number of aromatic nitrogens is 4. The molecule has 2 heterocycles. The van der Waals surface area contributed by atoms with Gasteiger partial charge in [0.15, 0.2) is 11.2 Å². The van der Waals surface area contributed by atoms with Crippen molar-refractivity contribution in [3.63, 3.8) is 0 Å². The molecule has 0 saturated heterocycles. The minimum Gasteiger partial charge on any atom is -0.425 e. The quantitative estimate of drug-likeness (QED) is 0.502. The third kappa shape index (κ3) is 3.31. The highest BCUT2D eigenvalue weighted by Gasteiger charge is 2.21. The van der Waals surface area contributed by atoms with Crippen molar-refractivity contribution in [3.05, 3.63) is 85.0 Å². The summed E-state index contributed by atoms with van der Waals surface area (Å²) in [5, 5.41) is 0.568. The van der Waals surface area contributed by atoms with Gasteiger partial charge in [0, 0.05) is 19.1 Å². The summed E-state index contributed by atoms with van der Waals surface area (Å²) in [6, 6.07) is 13.3. The molecule has 4 rings (SSSR count). The van der Waals surface area contributed by atoms with Crippen molar-refractivity contribution < 1.29 is 4.74 Å². The van der Waals surface area contributed by atoms with Gasteiger partial charge in [0.1, 0.15) is 5.75 Å². The summed E-state index contributed by atoms with van der Waals surface area (Å²) in [4.78, 5) is 29.8. The Hall–Kier alpha value is -3.32. The molecule has 0 unspecified atom stereocenters. The summed E-state index contributed by atoms with van der Waals surface area (Å²) in [5.74, 6) is 0.593. The van der Waals surface area contributed by atoms with Gasteiger partial charge < -0.3 is 4.74 Å². The Morgan fingerprint density at radius 2 is 1.73 bits per heavy atom. The molecule has 30 heavy (non-hydrogen) atoms.